The summed E-state index contributed by atoms with van der Waals surface area (Å²) in [6, 6.07) is 0. The minimum atomic E-state index is -0.704. The number of aliphatic carboxylic acids is 1. The first-order valence-electron chi connectivity index (χ1n) is 5.50. The molecule has 90 valence electrons. The first-order valence-corrected chi connectivity index (χ1v) is 6.38. The van der Waals surface area contributed by atoms with Gasteiger partial charge in [-0.3, -0.25) is 4.79 Å². The molecule has 0 amide bonds. The molecule has 0 aliphatic heterocycles. The molecule has 1 aromatic rings. The lowest BCUT2D eigenvalue weighted by Gasteiger charge is -2.28. The minimum absolute atomic E-state index is 0.137. The number of carboxylic acids is 1. The van der Waals surface area contributed by atoms with Crippen LogP contribution >= 0.6 is 11.3 Å². The molecule has 1 rings (SSSR count). The van der Waals surface area contributed by atoms with Crippen LogP contribution in [0.1, 0.15) is 37.8 Å². The number of rotatable bonds is 5. The van der Waals surface area contributed by atoms with Gasteiger partial charge in [0.2, 0.25) is 0 Å². The van der Waals surface area contributed by atoms with Gasteiger partial charge in [-0.1, -0.05) is 13.8 Å². The normalized spacial score (nSPS) is 15.1. The molecule has 16 heavy (non-hydrogen) atoms. The van der Waals surface area contributed by atoms with Crippen molar-refractivity contribution < 1.29 is 9.90 Å². The molecular weight excluding hydrogens is 222 g/mol. The van der Waals surface area contributed by atoms with Gasteiger partial charge in [0.15, 0.2) is 0 Å². The van der Waals surface area contributed by atoms with E-state index in [2.05, 4.69) is 4.98 Å². The smallest absolute Gasteiger partial charge is 0.309 e. The third-order valence-corrected chi connectivity index (χ3v) is 4.47. The van der Waals surface area contributed by atoms with E-state index in [1.165, 1.54) is 4.88 Å². The molecule has 4 heteroatoms. The SMILES string of the molecule is Cc1ncsc1CCC(C)(C(=O)O)C(C)C. The average molecular weight is 241 g/mol. The Bertz CT molecular complexity index is 373. The third-order valence-electron chi connectivity index (χ3n) is 3.48. The number of aryl methyl sites for hydroxylation is 2. The Morgan fingerprint density at radius 2 is 2.25 bits per heavy atom. The van der Waals surface area contributed by atoms with Gasteiger partial charge in [0, 0.05) is 4.88 Å². The zero-order valence-electron chi connectivity index (χ0n) is 10.3. The van der Waals surface area contributed by atoms with Crippen molar-refractivity contribution in [2.45, 2.75) is 40.5 Å². The van der Waals surface area contributed by atoms with Crippen LogP contribution in [-0.4, -0.2) is 16.1 Å². The summed E-state index contributed by atoms with van der Waals surface area (Å²) in [5.41, 5.74) is 2.20. The molecule has 0 aromatic carbocycles. The molecule has 0 fully saturated rings. The number of hydrogen-bond acceptors (Lipinski definition) is 3. The molecule has 0 spiro atoms. The van der Waals surface area contributed by atoms with E-state index in [4.69, 9.17) is 0 Å². The average Bonchev–Trinajstić information content (AvgIpc) is 2.59. The number of thiazole rings is 1. The highest BCUT2D eigenvalue weighted by Crippen LogP contribution is 2.33. The van der Waals surface area contributed by atoms with Crippen molar-refractivity contribution in [3.63, 3.8) is 0 Å². The van der Waals surface area contributed by atoms with Crippen LogP contribution in [0.5, 0.6) is 0 Å². The summed E-state index contributed by atoms with van der Waals surface area (Å²) in [6.45, 7) is 7.73. The lowest BCUT2D eigenvalue weighted by atomic mass is 9.75. The standard InChI is InChI=1S/C12H19NO2S/c1-8(2)12(4,11(14)15)6-5-10-9(3)13-7-16-10/h7-8H,5-6H2,1-4H3,(H,14,15). The molecule has 0 aliphatic carbocycles. The summed E-state index contributed by atoms with van der Waals surface area (Å²) in [6.07, 6.45) is 1.47. The quantitative estimate of drug-likeness (QED) is 0.861. The topological polar surface area (TPSA) is 50.2 Å². The van der Waals surface area contributed by atoms with Gasteiger partial charge in [-0.2, -0.15) is 0 Å². The largest absolute Gasteiger partial charge is 0.481 e. The van der Waals surface area contributed by atoms with Crippen LogP contribution in [0.2, 0.25) is 0 Å². The lowest BCUT2D eigenvalue weighted by molar-refractivity contribution is -0.151. The first kappa shape index (κ1) is 13.2. The summed E-state index contributed by atoms with van der Waals surface area (Å²) in [5, 5.41) is 9.29. The summed E-state index contributed by atoms with van der Waals surface area (Å²) >= 11 is 1.61. The fourth-order valence-corrected chi connectivity index (χ4v) is 2.36. The van der Waals surface area contributed by atoms with Crippen molar-refractivity contribution in [3.8, 4) is 0 Å². The van der Waals surface area contributed by atoms with E-state index in [9.17, 15) is 9.90 Å². The Morgan fingerprint density at radius 1 is 1.62 bits per heavy atom. The highest BCUT2D eigenvalue weighted by atomic mass is 32.1. The zero-order valence-corrected chi connectivity index (χ0v) is 11.1. The van der Waals surface area contributed by atoms with Crippen molar-refractivity contribution in [2.24, 2.45) is 11.3 Å². The van der Waals surface area contributed by atoms with E-state index in [1.54, 1.807) is 11.3 Å². The Morgan fingerprint density at radius 3 is 2.62 bits per heavy atom. The van der Waals surface area contributed by atoms with E-state index in [1.807, 2.05) is 33.2 Å². The molecule has 0 saturated carbocycles. The number of hydrogen-bond donors (Lipinski definition) is 1. The molecule has 1 unspecified atom stereocenters. The third kappa shape index (κ3) is 2.61. The molecule has 1 atom stereocenters. The molecule has 0 aliphatic rings. The van der Waals surface area contributed by atoms with Gasteiger partial charge in [-0.25, -0.2) is 4.98 Å². The number of carbonyl (C=O) groups is 1. The summed E-state index contributed by atoms with van der Waals surface area (Å²) in [5.74, 6) is -0.567. The molecule has 0 radical (unpaired) electrons. The second kappa shape index (κ2) is 4.95. The second-order valence-corrected chi connectivity index (χ2v) is 5.68. The maximum atomic E-state index is 11.3. The van der Waals surface area contributed by atoms with E-state index in [0.717, 1.165) is 12.1 Å². The number of aromatic nitrogens is 1. The van der Waals surface area contributed by atoms with Crippen LogP contribution in [0.15, 0.2) is 5.51 Å². The van der Waals surface area contributed by atoms with Crippen molar-refractivity contribution >= 4 is 17.3 Å². The second-order valence-electron chi connectivity index (χ2n) is 4.74. The molecule has 1 aromatic heterocycles. The van der Waals surface area contributed by atoms with E-state index < -0.39 is 11.4 Å². The summed E-state index contributed by atoms with van der Waals surface area (Å²) in [4.78, 5) is 16.7. The zero-order chi connectivity index (χ0) is 12.3. The predicted octanol–water partition coefficient (Wildman–Crippen LogP) is 3.13. The first-order chi connectivity index (χ1) is 7.38. The highest BCUT2D eigenvalue weighted by Gasteiger charge is 2.36. The van der Waals surface area contributed by atoms with Gasteiger partial charge in [0.25, 0.3) is 0 Å². The Balaban J connectivity index is 2.72. The van der Waals surface area contributed by atoms with E-state index in [0.29, 0.717) is 6.42 Å². The molecule has 1 N–H and O–H groups in total. The highest BCUT2D eigenvalue weighted by molar-refractivity contribution is 7.09. The lowest BCUT2D eigenvalue weighted by Crippen LogP contribution is -2.33. The van der Waals surface area contributed by atoms with Crippen LogP contribution in [0, 0.1) is 18.3 Å². The van der Waals surface area contributed by atoms with E-state index >= 15 is 0 Å². The fraction of sp³-hybridized carbons (Fsp3) is 0.667. The Kier molecular flexibility index (Phi) is 4.08. The minimum Gasteiger partial charge on any atom is -0.481 e. The van der Waals surface area contributed by atoms with Gasteiger partial charge in [-0.15, -0.1) is 11.3 Å². The van der Waals surface area contributed by atoms with Gasteiger partial charge in [0.05, 0.1) is 16.6 Å². The maximum absolute atomic E-state index is 11.3. The van der Waals surface area contributed by atoms with Gasteiger partial charge in [-0.05, 0) is 32.6 Å². The molecule has 0 bridgehead atoms. The molecular formula is C12H19NO2S. The van der Waals surface area contributed by atoms with Crippen LogP contribution in [0.4, 0.5) is 0 Å². The Hall–Kier alpha value is -0.900. The van der Waals surface area contributed by atoms with Crippen molar-refractivity contribution in [1.29, 1.82) is 0 Å². The summed E-state index contributed by atoms with van der Waals surface area (Å²) < 4.78 is 0. The van der Waals surface area contributed by atoms with Gasteiger partial charge >= 0.3 is 5.97 Å². The molecule has 1 heterocycles. The van der Waals surface area contributed by atoms with Crippen molar-refractivity contribution in [1.82, 2.24) is 4.98 Å². The van der Waals surface area contributed by atoms with Crippen LogP contribution in [0.3, 0.4) is 0 Å². The van der Waals surface area contributed by atoms with Crippen LogP contribution in [-0.2, 0) is 11.2 Å². The number of nitrogens with zero attached hydrogens (tertiary/aromatic N) is 1. The van der Waals surface area contributed by atoms with Crippen molar-refractivity contribution in [2.75, 3.05) is 0 Å². The summed E-state index contributed by atoms with van der Waals surface area (Å²) in [7, 11) is 0. The molecule has 3 nitrogen and oxygen atoms in total. The fourth-order valence-electron chi connectivity index (χ4n) is 1.58. The monoisotopic (exact) mass is 241 g/mol. The predicted molar refractivity (Wildman–Crippen MR) is 65.8 cm³/mol. The Labute approximate surface area is 101 Å². The maximum Gasteiger partial charge on any atom is 0.309 e. The molecule has 0 saturated heterocycles. The van der Waals surface area contributed by atoms with Gasteiger partial charge in [0.1, 0.15) is 0 Å². The van der Waals surface area contributed by atoms with Crippen molar-refractivity contribution in [3.05, 3.63) is 16.1 Å². The van der Waals surface area contributed by atoms with E-state index in [-0.39, 0.29) is 5.92 Å². The van der Waals surface area contributed by atoms with Gasteiger partial charge < -0.3 is 5.11 Å². The van der Waals surface area contributed by atoms with Crippen LogP contribution in [0.25, 0.3) is 0 Å². The number of carboxylic acid groups (broad SMARTS) is 1. The van der Waals surface area contributed by atoms with Crippen LogP contribution < -0.4 is 0 Å².